The summed E-state index contributed by atoms with van der Waals surface area (Å²) in [6.45, 7) is 4.51. The Bertz CT molecular complexity index is 1620. The first-order valence-corrected chi connectivity index (χ1v) is 16.6. The van der Waals surface area contributed by atoms with E-state index < -0.39 is 23.7 Å². The van der Waals surface area contributed by atoms with Gasteiger partial charge in [0.15, 0.2) is 11.8 Å². The number of rotatable bonds is 18. The highest BCUT2D eigenvalue weighted by atomic mass is 35.5. The van der Waals surface area contributed by atoms with Crippen LogP contribution in [0.25, 0.3) is 10.9 Å². The molecule has 4 rings (SSSR count). The van der Waals surface area contributed by atoms with E-state index in [1.807, 2.05) is 25.1 Å². The van der Waals surface area contributed by atoms with E-state index in [2.05, 4.69) is 17.3 Å². The van der Waals surface area contributed by atoms with E-state index in [0.29, 0.717) is 23.4 Å². The molecule has 1 N–H and O–H groups in total. The number of amides is 1. The summed E-state index contributed by atoms with van der Waals surface area (Å²) < 4.78 is 12.1. The van der Waals surface area contributed by atoms with Crippen molar-refractivity contribution < 1.29 is 23.9 Å². The van der Waals surface area contributed by atoms with Gasteiger partial charge in [0.25, 0.3) is 5.91 Å². The lowest BCUT2D eigenvalue weighted by molar-refractivity contribution is -0.118. The standard InChI is InChI=1S/C37H44ClN3O5/c1-4-5-6-7-8-9-10-11-12-13-22-46-37(44)28-17-20-31(38)32(24-28)40-36(43)34(35(42)27-15-18-30(45-3)19-16-27)41-33-21-14-26(2)23-29(33)25-39-41/h14-21,23-25,34H,4-13,22H2,1-3H3,(H,40,43). The van der Waals surface area contributed by atoms with E-state index in [1.54, 1.807) is 36.5 Å². The van der Waals surface area contributed by atoms with E-state index in [0.717, 1.165) is 30.2 Å². The smallest absolute Gasteiger partial charge is 0.338 e. The van der Waals surface area contributed by atoms with Gasteiger partial charge in [0.05, 0.1) is 41.7 Å². The molecule has 0 radical (unpaired) electrons. The first-order chi connectivity index (χ1) is 22.3. The number of halogens is 1. The summed E-state index contributed by atoms with van der Waals surface area (Å²) in [5.41, 5.74) is 2.41. The van der Waals surface area contributed by atoms with Crippen LogP contribution in [-0.2, 0) is 9.53 Å². The minimum Gasteiger partial charge on any atom is -0.497 e. The van der Waals surface area contributed by atoms with Crippen molar-refractivity contribution in [3.05, 3.63) is 88.6 Å². The normalized spacial score (nSPS) is 11.7. The third kappa shape index (κ3) is 9.42. The number of anilines is 1. The Labute approximate surface area is 276 Å². The number of methoxy groups -OCH3 is 1. The zero-order chi connectivity index (χ0) is 32.9. The number of hydrogen-bond acceptors (Lipinski definition) is 6. The van der Waals surface area contributed by atoms with Crippen LogP contribution < -0.4 is 10.1 Å². The van der Waals surface area contributed by atoms with Gasteiger partial charge >= 0.3 is 5.97 Å². The second kappa shape index (κ2) is 17.5. The van der Waals surface area contributed by atoms with E-state index in [-0.39, 0.29) is 16.3 Å². The monoisotopic (exact) mass is 645 g/mol. The molecule has 1 amide bonds. The van der Waals surface area contributed by atoms with Crippen molar-refractivity contribution in [1.29, 1.82) is 0 Å². The summed E-state index contributed by atoms with van der Waals surface area (Å²) >= 11 is 6.45. The first-order valence-electron chi connectivity index (χ1n) is 16.2. The fraction of sp³-hybridized carbons (Fsp3) is 0.405. The van der Waals surface area contributed by atoms with Crippen LogP contribution in [0.5, 0.6) is 5.75 Å². The Morgan fingerprint density at radius 2 is 1.50 bits per heavy atom. The summed E-state index contributed by atoms with van der Waals surface area (Å²) in [6.07, 6.45) is 13.5. The zero-order valence-electron chi connectivity index (χ0n) is 27.0. The minimum atomic E-state index is -1.35. The Balaban J connectivity index is 1.42. The van der Waals surface area contributed by atoms with Crippen LogP contribution in [0.2, 0.25) is 5.02 Å². The number of hydrogen-bond donors (Lipinski definition) is 1. The number of fused-ring (bicyclic) bond motifs is 1. The zero-order valence-corrected chi connectivity index (χ0v) is 27.8. The van der Waals surface area contributed by atoms with Crippen molar-refractivity contribution >= 4 is 45.9 Å². The Hall–Kier alpha value is -4.17. The molecule has 0 bridgehead atoms. The largest absolute Gasteiger partial charge is 0.497 e. The molecule has 0 saturated carbocycles. The van der Waals surface area contributed by atoms with E-state index in [1.165, 1.54) is 68.9 Å². The maximum absolute atomic E-state index is 13.9. The van der Waals surface area contributed by atoms with Crippen LogP contribution >= 0.6 is 11.6 Å². The summed E-state index contributed by atoms with van der Waals surface area (Å²) in [5, 5.41) is 8.22. The van der Waals surface area contributed by atoms with Crippen molar-refractivity contribution in [3.8, 4) is 5.75 Å². The summed E-state index contributed by atoms with van der Waals surface area (Å²) in [7, 11) is 1.54. The maximum atomic E-state index is 13.9. The second-order valence-corrected chi connectivity index (χ2v) is 12.1. The van der Waals surface area contributed by atoms with Crippen molar-refractivity contribution in [3.63, 3.8) is 0 Å². The molecule has 4 aromatic rings. The van der Waals surface area contributed by atoms with Crippen molar-refractivity contribution in [1.82, 2.24) is 9.78 Å². The third-order valence-electron chi connectivity index (χ3n) is 8.06. The highest BCUT2D eigenvalue weighted by Gasteiger charge is 2.32. The number of Topliss-reactive ketones (excluding diaryl/α,β-unsaturated/α-hetero) is 1. The van der Waals surface area contributed by atoms with Gasteiger partial charge in [0, 0.05) is 10.9 Å². The molecule has 1 unspecified atom stereocenters. The van der Waals surface area contributed by atoms with Crippen molar-refractivity contribution in [2.75, 3.05) is 19.0 Å². The lowest BCUT2D eigenvalue weighted by atomic mass is 10.0. The summed E-state index contributed by atoms with van der Waals surface area (Å²) in [5.74, 6) is -1.03. The molecule has 0 aliphatic rings. The number of carbonyl (C=O) groups is 3. The van der Waals surface area contributed by atoms with E-state index in [9.17, 15) is 14.4 Å². The van der Waals surface area contributed by atoms with Gasteiger partial charge in [-0.1, -0.05) is 87.9 Å². The molecule has 1 atom stereocenters. The average molecular weight is 646 g/mol. The van der Waals surface area contributed by atoms with Gasteiger partial charge in [0.2, 0.25) is 0 Å². The molecule has 9 heteroatoms. The molecule has 1 heterocycles. The number of ketones is 1. The number of unbranched alkanes of at least 4 members (excludes halogenated alkanes) is 9. The van der Waals surface area contributed by atoms with Gasteiger partial charge in [-0.2, -0.15) is 5.10 Å². The Morgan fingerprint density at radius 1 is 0.848 bits per heavy atom. The van der Waals surface area contributed by atoms with Gasteiger partial charge in [0.1, 0.15) is 5.75 Å². The summed E-state index contributed by atoms with van der Waals surface area (Å²) in [4.78, 5) is 40.6. The highest BCUT2D eigenvalue weighted by molar-refractivity contribution is 6.34. The molecular weight excluding hydrogens is 602 g/mol. The lowest BCUT2D eigenvalue weighted by Crippen LogP contribution is -2.33. The minimum absolute atomic E-state index is 0.194. The lowest BCUT2D eigenvalue weighted by Gasteiger charge is -2.19. The fourth-order valence-electron chi connectivity index (χ4n) is 5.42. The van der Waals surface area contributed by atoms with Crippen LogP contribution in [0.4, 0.5) is 5.69 Å². The number of ether oxygens (including phenoxy) is 2. The molecule has 46 heavy (non-hydrogen) atoms. The molecule has 0 aliphatic carbocycles. The van der Waals surface area contributed by atoms with Crippen molar-refractivity contribution in [2.45, 2.75) is 84.1 Å². The number of benzene rings is 3. The highest BCUT2D eigenvalue weighted by Crippen LogP contribution is 2.28. The number of aromatic nitrogens is 2. The van der Waals surface area contributed by atoms with Gasteiger partial charge in [-0.05, 0) is 67.9 Å². The molecule has 1 aromatic heterocycles. The van der Waals surface area contributed by atoms with Crippen LogP contribution in [0, 0.1) is 6.92 Å². The predicted octanol–water partition coefficient (Wildman–Crippen LogP) is 9.15. The summed E-state index contributed by atoms with van der Waals surface area (Å²) in [6, 6.07) is 15.4. The molecule has 8 nitrogen and oxygen atoms in total. The Kier molecular flexibility index (Phi) is 13.2. The molecule has 3 aromatic carbocycles. The number of nitrogens with zero attached hydrogens (tertiary/aromatic N) is 2. The molecule has 0 spiro atoms. The second-order valence-electron chi connectivity index (χ2n) is 11.6. The number of nitrogens with one attached hydrogen (secondary N) is 1. The fourth-order valence-corrected chi connectivity index (χ4v) is 5.58. The van der Waals surface area contributed by atoms with Crippen LogP contribution in [0.15, 0.2) is 66.9 Å². The van der Waals surface area contributed by atoms with E-state index in [4.69, 9.17) is 21.1 Å². The molecule has 244 valence electrons. The molecule has 0 fully saturated rings. The van der Waals surface area contributed by atoms with Gasteiger partial charge in [-0.15, -0.1) is 0 Å². The molecule has 0 saturated heterocycles. The number of esters is 1. The Morgan fingerprint density at radius 3 is 2.17 bits per heavy atom. The van der Waals surface area contributed by atoms with Gasteiger partial charge in [-0.25, -0.2) is 9.48 Å². The molecule has 0 aliphatic heterocycles. The predicted molar refractivity (Wildman–Crippen MR) is 183 cm³/mol. The van der Waals surface area contributed by atoms with Gasteiger partial charge < -0.3 is 14.8 Å². The van der Waals surface area contributed by atoms with Crippen LogP contribution in [0.1, 0.15) is 103 Å². The average Bonchev–Trinajstić information content (AvgIpc) is 3.46. The van der Waals surface area contributed by atoms with E-state index >= 15 is 0 Å². The SMILES string of the molecule is CCCCCCCCCCCCOC(=O)c1ccc(Cl)c(NC(=O)C(C(=O)c2ccc(OC)cc2)n2ncc3cc(C)ccc32)c1. The van der Waals surface area contributed by atoms with Crippen LogP contribution in [-0.4, -0.2) is 41.2 Å². The quantitative estimate of drug-likeness (QED) is 0.0501. The first kappa shape index (κ1) is 34.7. The topological polar surface area (TPSA) is 99.5 Å². The maximum Gasteiger partial charge on any atom is 0.338 e. The molecular formula is C37H44ClN3O5. The van der Waals surface area contributed by atoms with Gasteiger partial charge in [-0.3, -0.25) is 9.59 Å². The van der Waals surface area contributed by atoms with Crippen molar-refractivity contribution in [2.24, 2.45) is 0 Å². The van der Waals surface area contributed by atoms with Crippen LogP contribution in [0.3, 0.4) is 0 Å². The number of carbonyl (C=O) groups excluding carboxylic acids is 3. The number of aryl methyl sites for hydroxylation is 1. The third-order valence-corrected chi connectivity index (χ3v) is 8.39.